The molecule has 27 heavy (non-hydrogen) atoms. The molecule has 4 rings (SSSR count). The molecule has 1 heterocycles. The lowest BCUT2D eigenvalue weighted by molar-refractivity contribution is -0.115. The second-order valence-electron chi connectivity index (χ2n) is 6.37. The number of carbonyl (C=O) groups excluding carboxylic acids is 1. The third-order valence-corrected chi connectivity index (χ3v) is 4.88. The lowest BCUT2D eigenvalue weighted by Gasteiger charge is -2.09. The number of aromatic amines is 1. The fraction of sp³-hybridized carbons (Fsp3) is 0.0952. The minimum atomic E-state index is -0.0862. The number of carbonyl (C=O) groups is 1. The standard InChI is InChI=1S/C21H18IN3O2/c1-12(22)21(26)24-14-3-5-15(6-4-14)27-16-7-9-18-17-8-2-13(23)10-19(17)25-20(18)11-16/h2-12,25H,23H2,1H3,(H,24,26). The molecular weight excluding hydrogens is 453 g/mol. The smallest absolute Gasteiger partial charge is 0.237 e. The van der Waals surface area contributed by atoms with E-state index in [1.54, 1.807) is 0 Å². The van der Waals surface area contributed by atoms with E-state index in [9.17, 15) is 4.79 Å². The van der Waals surface area contributed by atoms with Crippen LogP contribution in [0, 0.1) is 0 Å². The molecule has 0 saturated heterocycles. The first-order valence-electron chi connectivity index (χ1n) is 8.53. The maximum Gasteiger partial charge on any atom is 0.237 e. The number of nitrogen functional groups attached to an aromatic ring is 1. The zero-order chi connectivity index (χ0) is 19.0. The first-order valence-corrected chi connectivity index (χ1v) is 9.78. The van der Waals surface area contributed by atoms with Gasteiger partial charge in [0.15, 0.2) is 0 Å². The summed E-state index contributed by atoms with van der Waals surface area (Å²) in [5, 5.41) is 5.12. The second-order valence-corrected chi connectivity index (χ2v) is 8.24. The zero-order valence-corrected chi connectivity index (χ0v) is 16.8. The maximum atomic E-state index is 11.7. The van der Waals surface area contributed by atoms with Gasteiger partial charge in [-0.3, -0.25) is 4.79 Å². The number of anilines is 2. The fourth-order valence-corrected chi connectivity index (χ4v) is 3.11. The van der Waals surface area contributed by atoms with Gasteiger partial charge in [-0.2, -0.15) is 0 Å². The summed E-state index contributed by atoms with van der Waals surface area (Å²) in [7, 11) is 0. The van der Waals surface area contributed by atoms with Crippen LogP contribution >= 0.6 is 22.6 Å². The van der Waals surface area contributed by atoms with Crippen LogP contribution in [0.4, 0.5) is 11.4 Å². The predicted molar refractivity (Wildman–Crippen MR) is 119 cm³/mol. The molecule has 0 spiro atoms. The number of hydrogen-bond acceptors (Lipinski definition) is 3. The summed E-state index contributed by atoms with van der Waals surface area (Å²) >= 11 is 2.08. The van der Waals surface area contributed by atoms with Crippen molar-refractivity contribution in [3.8, 4) is 11.5 Å². The van der Waals surface area contributed by atoms with Gasteiger partial charge in [0.1, 0.15) is 11.5 Å². The molecule has 4 aromatic rings. The van der Waals surface area contributed by atoms with Crippen molar-refractivity contribution < 1.29 is 9.53 Å². The highest BCUT2D eigenvalue weighted by atomic mass is 127. The number of ether oxygens (including phenoxy) is 1. The summed E-state index contributed by atoms with van der Waals surface area (Å²) in [6, 6.07) is 19.1. The van der Waals surface area contributed by atoms with Crippen molar-refractivity contribution in [2.75, 3.05) is 11.1 Å². The number of aromatic nitrogens is 1. The van der Waals surface area contributed by atoms with Crippen LogP contribution in [0.25, 0.3) is 21.8 Å². The number of nitrogens with two attached hydrogens (primary N) is 1. The number of H-pyrrole nitrogens is 1. The topological polar surface area (TPSA) is 80.1 Å². The summed E-state index contributed by atoms with van der Waals surface area (Å²) in [5.74, 6) is 1.42. The molecule has 0 aliphatic heterocycles. The van der Waals surface area contributed by atoms with Gasteiger partial charge in [-0.15, -0.1) is 0 Å². The Labute approximate surface area is 170 Å². The first-order chi connectivity index (χ1) is 13.0. The predicted octanol–water partition coefficient (Wildman–Crippen LogP) is 5.46. The van der Waals surface area contributed by atoms with Gasteiger partial charge in [0.2, 0.25) is 5.91 Å². The van der Waals surface area contributed by atoms with E-state index in [0.29, 0.717) is 5.75 Å². The van der Waals surface area contributed by atoms with Crippen LogP contribution in [-0.2, 0) is 4.79 Å². The summed E-state index contributed by atoms with van der Waals surface area (Å²) in [5.41, 5.74) is 9.35. The van der Waals surface area contributed by atoms with Gasteiger partial charge in [0.05, 0.1) is 9.44 Å². The Morgan fingerprint density at radius 1 is 1.00 bits per heavy atom. The SMILES string of the molecule is CC(I)C(=O)Nc1ccc(Oc2ccc3c(c2)[nH]c2cc(N)ccc23)cc1. The van der Waals surface area contributed by atoms with Gasteiger partial charge in [-0.25, -0.2) is 0 Å². The van der Waals surface area contributed by atoms with Crippen molar-refractivity contribution in [3.63, 3.8) is 0 Å². The number of fused-ring (bicyclic) bond motifs is 3. The van der Waals surface area contributed by atoms with Crippen LogP contribution in [0.3, 0.4) is 0 Å². The largest absolute Gasteiger partial charge is 0.457 e. The van der Waals surface area contributed by atoms with Crippen LogP contribution in [0.15, 0.2) is 60.7 Å². The molecule has 1 atom stereocenters. The van der Waals surface area contributed by atoms with Gasteiger partial charge in [-0.1, -0.05) is 28.7 Å². The molecule has 6 heteroatoms. The molecule has 3 aromatic carbocycles. The lowest BCUT2D eigenvalue weighted by Crippen LogP contribution is -2.19. The number of benzene rings is 3. The number of alkyl halides is 1. The van der Waals surface area contributed by atoms with Crippen LogP contribution in [0.5, 0.6) is 11.5 Å². The van der Waals surface area contributed by atoms with Gasteiger partial charge < -0.3 is 20.8 Å². The quantitative estimate of drug-likeness (QED) is 0.210. The number of rotatable bonds is 4. The Morgan fingerprint density at radius 2 is 1.63 bits per heavy atom. The monoisotopic (exact) mass is 471 g/mol. The summed E-state index contributed by atoms with van der Waals surface area (Å²) in [6.07, 6.45) is 0. The normalized spacial score (nSPS) is 12.2. The zero-order valence-electron chi connectivity index (χ0n) is 14.6. The number of halogens is 1. The Balaban J connectivity index is 1.56. The van der Waals surface area contributed by atoms with E-state index in [1.165, 1.54) is 0 Å². The fourth-order valence-electron chi connectivity index (χ4n) is 2.95. The van der Waals surface area contributed by atoms with Gasteiger partial charge in [0, 0.05) is 33.7 Å². The third kappa shape index (κ3) is 3.71. The Morgan fingerprint density at radius 3 is 2.33 bits per heavy atom. The Hall–Kier alpha value is -2.74. The summed E-state index contributed by atoms with van der Waals surface area (Å²) in [4.78, 5) is 15.1. The molecule has 1 unspecified atom stereocenters. The van der Waals surface area contributed by atoms with E-state index in [1.807, 2.05) is 67.6 Å². The Bertz CT molecular complexity index is 1130. The van der Waals surface area contributed by atoms with E-state index in [0.717, 1.165) is 38.9 Å². The molecule has 1 aromatic heterocycles. The van der Waals surface area contributed by atoms with E-state index in [-0.39, 0.29) is 9.83 Å². The Kier molecular flexibility index (Phi) is 4.65. The lowest BCUT2D eigenvalue weighted by atomic mass is 10.1. The first kappa shape index (κ1) is 17.7. The van der Waals surface area contributed by atoms with E-state index in [4.69, 9.17) is 10.5 Å². The van der Waals surface area contributed by atoms with Crippen molar-refractivity contribution in [1.29, 1.82) is 0 Å². The minimum Gasteiger partial charge on any atom is -0.457 e. The van der Waals surface area contributed by atoms with E-state index in [2.05, 4.69) is 32.9 Å². The van der Waals surface area contributed by atoms with Crippen LogP contribution in [-0.4, -0.2) is 14.8 Å². The summed E-state index contributed by atoms with van der Waals surface area (Å²) in [6.45, 7) is 1.85. The van der Waals surface area contributed by atoms with Crippen molar-refractivity contribution in [2.24, 2.45) is 0 Å². The molecule has 136 valence electrons. The number of amides is 1. The average Bonchev–Trinajstić information content (AvgIpc) is 2.99. The molecule has 0 radical (unpaired) electrons. The van der Waals surface area contributed by atoms with Crippen molar-refractivity contribution in [1.82, 2.24) is 4.98 Å². The molecule has 0 aliphatic rings. The average molecular weight is 471 g/mol. The van der Waals surface area contributed by atoms with Gasteiger partial charge >= 0.3 is 0 Å². The second kappa shape index (κ2) is 7.11. The van der Waals surface area contributed by atoms with Crippen LogP contribution in [0.1, 0.15) is 6.92 Å². The third-order valence-electron chi connectivity index (χ3n) is 4.31. The van der Waals surface area contributed by atoms with E-state index >= 15 is 0 Å². The highest BCUT2D eigenvalue weighted by molar-refractivity contribution is 14.1. The molecule has 5 nitrogen and oxygen atoms in total. The van der Waals surface area contributed by atoms with Crippen molar-refractivity contribution in [3.05, 3.63) is 60.7 Å². The van der Waals surface area contributed by atoms with Crippen molar-refractivity contribution in [2.45, 2.75) is 10.8 Å². The van der Waals surface area contributed by atoms with Crippen LogP contribution in [0.2, 0.25) is 0 Å². The molecule has 4 N–H and O–H groups in total. The minimum absolute atomic E-state index is 0.0193. The molecule has 0 saturated carbocycles. The molecule has 1 amide bonds. The van der Waals surface area contributed by atoms with Gasteiger partial charge in [0.25, 0.3) is 0 Å². The van der Waals surface area contributed by atoms with Crippen LogP contribution < -0.4 is 15.8 Å². The molecule has 0 bridgehead atoms. The van der Waals surface area contributed by atoms with E-state index < -0.39 is 0 Å². The number of nitrogens with one attached hydrogen (secondary N) is 2. The highest BCUT2D eigenvalue weighted by Gasteiger charge is 2.09. The molecule has 0 fully saturated rings. The summed E-state index contributed by atoms with van der Waals surface area (Å²) < 4.78 is 5.87. The molecular formula is C21H18IN3O2. The molecule has 0 aliphatic carbocycles. The van der Waals surface area contributed by atoms with Gasteiger partial charge in [-0.05, 0) is 55.5 Å². The maximum absolute atomic E-state index is 11.7. The number of hydrogen-bond donors (Lipinski definition) is 3. The van der Waals surface area contributed by atoms with Crippen molar-refractivity contribution >= 4 is 61.7 Å². The highest BCUT2D eigenvalue weighted by Crippen LogP contribution is 2.31.